The van der Waals surface area contributed by atoms with Crippen LogP contribution >= 0.6 is 15.9 Å². The first-order valence-electron chi connectivity index (χ1n) is 7.65. The van der Waals surface area contributed by atoms with Crippen molar-refractivity contribution in [2.45, 2.75) is 31.8 Å². The van der Waals surface area contributed by atoms with Gasteiger partial charge in [-0.05, 0) is 42.9 Å². The highest BCUT2D eigenvalue weighted by atomic mass is 79.9. The predicted octanol–water partition coefficient (Wildman–Crippen LogP) is 4.33. The number of carboxylic acids is 1. The standard InChI is InChI=1S/C18H19BrO3/c19-14-5-8-16-13(11-14)4-9-17(16)22-15-6-1-12(2-7-15)3-10-18(20)21/h1-2,5-8,11,13,16-17H,3-4,9-10H2,(H,20,21). The molecule has 3 rings (SSSR count). The zero-order chi connectivity index (χ0) is 15.5. The van der Waals surface area contributed by atoms with Gasteiger partial charge in [-0.25, -0.2) is 0 Å². The number of halogens is 1. The Hall–Kier alpha value is -1.55. The second-order valence-electron chi connectivity index (χ2n) is 5.92. The summed E-state index contributed by atoms with van der Waals surface area (Å²) in [5.41, 5.74) is 1.03. The summed E-state index contributed by atoms with van der Waals surface area (Å²) in [4.78, 5) is 10.6. The number of fused-ring (bicyclic) bond motifs is 1. The van der Waals surface area contributed by atoms with Crippen molar-refractivity contribution in [2.24, 2.45) is 11.8 Å². The van der Waals surface area contributed by atoms with Crippen molar-refractivity contribution in [2.75, 3.05) is 0 Å². The van der Waals surface area contributed by atoms with E-state index in [1.807, 2.05) is 24.3 Å². The van der Waals surface area contributed by atoms with E-state index in [9.17, 15) is 4.79 Å². The fraction of sp³-hybridized carbons (Fsp3) is 0.389. The Kier molecular flexibility index (Phi) is 4.67. The van der Waals surface area contributed by atoms with E-state index >= 15 is 0 Å². The Bertz CT molecular complexity index is 603. The first-order valence-corrected chi connectivity index (χ1v) is 8.44. The number of rotatable bonds is 5. The molecule has 1 saturated carbocycles. The maximum atomic E-state index is 10.6. The Morgan fingerprint density at radius 2 is 2.05 bits per heavy atom. The number of allylic oxidation sites excluding steroid dienone is 3. The van der Waals surface area contributed by atoms with Gasteiger partial charge in [-0.15, -0.1) is 0 Å². The molecule has 116 valence electrons. The van der Waals surface area contributed by atoms with Gasteiger partial charge in [0.1, 0.15) is 11.9 Å². The number of carboxylic acid groups (broad SMARTS) is 1. The van der Waals surface area contributed by atoms with E-state index in [4.69, 9.17) is 9.84 Å². The van der Waals surface area contributed by atoms with Gasteiger partial charge in [-0.2, -0.15) is 0 Å². The van der Waals surface area contributed by atoms with Gasteiger partial charge in [0, 0.05) is 16.8 Å². The van der Waals surface area contributed by atoms with Crippen LogP contribution in [0.15, 0.2) is 47.0 Å². The normalized spacial score (nSPS) is 26.4. The third-order valence-electron chi connectivity index (χ3n) is 4.40. The Labute approximate surface area is 138 Å². The second-order valence-corrected chi connectivity index (χ2v) is 6.84. The molecule has 4 heteroatoms. The first-order chi connectivity index (χ1) is 10.6. The number of aryl methyl sites for hydroxylation is 1. The van der Waals surface area contributed by atoms with Crippen molar-refractivity contribution in [3.05, 3.63) is 52.5 Å². The molecule has 0 amide bonds. The molecule has 1 aromatic rings. The summed E-state index contributed by atoms with van der Waals surface area (Å²) in [6.45, 7) is 0. The predicted molar refractivity (Wildman–Crippen MR) is 89.2 cm³/mol. The average molecular weight is 363 g/mol. The molecule has 2 aliphatic rings. The molecule has 22 heavy (non-hydrogen) atoms. The van der Waals surface area contributed by atoms with Crippen molar-refractivity contribution in [1.29, 1.82) is 0 Å². The second kappa shape index (κ2) is 6.69. The summed E-state index contributed by atoms with van der Waals surface area (Å²) in [7, 11) is 0. The molecule has 0 bridgehead atoms. The van der Waals surface area contributed by atoms with Gasteiger partial charge >= 0.3 is 5.97 Å². The highest BCUT2D eigenvalue weighted by molar-refractivity contribution is 9.11. The van der Waals surface area contributed by atoms with Crippen LogP contribution in [0.5, 0.6) is 5.75 Å². The third kappa shape index (κ3) is 3.61. The molecule has 0 spiro atoms. The minimum atomic E-state index is -0.763. The minimum absolute atomic E-state index is 0.165. The van der Waals surface area contributed by atoms with Crippen LogP contribution in [0.2, 0.25) is 0 Å². The van der Waals surface area contributed by atoms with Crippen LogP contribution in [-0.4, -0.2) is 17.2 Å². The zero-order valence-corrected chi connectivity index (χ0v) is 13.8. The molecule has 3 nitrogen and oxygen atoms in total. The van der Waals surface area contributed by atoms with Crippen molar-refractivity contribution < 1.29 is 14.6 Å². The van der Waals surface area contributed by atoms with E-state index in [2.05, 4.69) is 34.2 Å². The molecule has 1 aromatic carbocycles. The maximum absolute atomic E-state index is 10.6. The Balaban J connectivity index is 1.60. The molecule has 0 aromatic heterocycles. The smallest absolute Gasteiger partial charge is 0.303 e. The van der Waals surface area contributed by atoms with Gasteiger partial charge in [-0.1, -0.05) is 46.3 Å². The lowest BCUT2D eigenvalue weighted by Gasteiger charge is -2.23. The monoisotopic (exact) mass is 362 g/mol. The number of benzene rings is 1. The summed E-state index contributed by atoms with van der Waals surface area (Å²) >= 11 is 3.54. The topological polar surface area (TPSA) is 46.5 Å². The first kappa shape index (κ1) is 15.3. The quantitative estimate of drug-likeness (QED) is 0.847. The van der Waals surface area contributed by atoms with Gasteiger partial charge in [-0.3, -0.25) is 4.79 Å². The summed E-state index contributed by atoms with van der Waals surface area (Å²) in [5.74, 6) is 1.12. The Morgan fingerprint density at radius 3 is 2.77 bits per heavy atom. The zero-order valence-electron chi connectivity index (χ0n) is 12.2. The van der Waals surface area contributed by atoms with E-state index in [0.29, 0.717) is 18.3 Å². The van der Waals surface area contributed by atoms with Crippen molar-refractivity contribution in [3.63, 3.8) is 0 Å². The molecule has 3 atom stereocenters. The van der Waals surface area contributed by atoms with Gasteiger partial charge in [0.15, 0.2) is 0 Å². The fourth-order valence-electron chi connectivity index (χ4n) is 3.24. The highest BCUT2D eigenvalue weighted by Crippen LogP contribution is 2.40. The number of aliphatic carboxylic acids is 1. The lowest BCUT2D eigenvalue weighted by Crippen LogP contribution is -2.24. The number of ether oxygens (including phenoxy) is 1. The maximum Gasteiger partial charge on any atom is 0.303 e. The van der Waals surface area contributed by atoms with E-state index < -0.39 is 5.97 Å². The van der Waals surface area contributed by atoms with Crippen LogP contribution in [0, 0.1) is 11.8 Å². The molecule has 2 aliphatic carbocycles. The Morgan fingerprint density at radius 1 is 1.27 bits per heavy atom. The van der Waals surface area contributed by atoms with Gasteiger partial charge in [0.25, 0.3) is 0 Å². The molecule has 0 saturated heterocycles. The molecule has 1 N–H and O–H groups in total. The summed E-state index contributed by atoms with van der Waals surface area (Å²) in [5, 5.41) is 8.71. The summed E-state index contributed by atoms with van der Waals surface area (Å²) in [6, 6.07) is 7.81. The molecule has 3 unspecified atom stereocenters. The minimum Gasteiger partial charge on any atom is -0.490 e. The van der Waals surface area contributed by atoms with Crippen LogP contribution in [0.4, 0.5) is 0 Å². The number of hydrogen-bond acceptors (Lipinski definition) is 2. The van der Waals surface area contributed by atoms with Crippen molar-refractivity contribution in [1.82, 2.24) is 0 Å². The van der Waals surface area contributed by atoms with Crippen molar-refractivity contribution >= 4 is 21.9 Å². The van der Waals surface area contributed by atoms with Crippen LogP contribution in [0.25, 0.3) is 0 Å². The third-order valence-corrected chi connectivity index (χ3v) is 4.93. The number of carbonyl (C=O) groups is 1. The van der Waals surface area contributed by atoms with Gasteiger partial charge in [0.2, 0.25) is 0 Å². The lowest BCUT2D eigenvalue weighted by atomic mass is 9.91. The fourth-order valence-corrected chi connectivity index (χ4v) is 3.73. The van der Waals surface area contributed by atoms with E-state index in [0.717, 1.165) is 28.6 Å². The largest absolute Gasteiger partial charge is 0.490 e. The van der Waals surface area contributed by atoms with E-state index in [1.165, 1.54) is 0 Å². The van der Waals surface area contributed by atoms with E-state index in [1.54, 1.807) is 0 Å². The molecule has 0 heterocycles. The molecule has 0 aliphatic heterocycles. The van der Waals surface area contributed by atoms with Crippen molar-refractivity contribution in [3.8, 4) is 5.75 Å². The van der Waals surface area contributed by atoms with Crippen LogP contribution in [0.1, 0.15) is 24.8 Å². The highest BCUT2D eigenvalue weighted by Gasteiger charge is 2.36. The van der Waals surface area contributed by atoms with Crippen LogP contribution in [-0.2, 0) is 11.2 Å². The molecular weight excluding hydrogens is 344 g/mol. The van der Waals surface area contributed by atoms with Gasteiger partial charge < -0.3 is 9.84 Å². The average Bonchev–Trinajstić information content (AvgIpc) is 2.88. The SMILES string of the molecule is O=C(O)CCc1ccc(OC2CCC3C=C(Br)C=CC32)cc1. The molecule has 1 fully saturated rings. The van der Waals surface area contributed by atoms with Gasteiger partial charge in [0.05, 0.1) is 0 Å². The number of hydrogen-bond donors (Lipinski definition) is 1. The summed E-state index contributed by atoms with van der Waals surface area (Å²) in [6.07, 6.45) is 9.81. The van der Waals surface area contributed by atoms with E-state index in [-0.39, 0.29) is 12.5 Å². The molecule has 0 radical (unpaired) electrons. The molecular formula is C18H19BrO3. The summed E-state index contributed by atoms with van der Waals surface area (Å²) < 4.78 is 7.31. The van der Waals surface area contributed by atoms with Crippen LogP contribution < -0.4 is 4.74 Å². The van der Waals surface area contributed by atoms with Crippen LogP contribution in [0.3, 0.4) is 0 Å². The lowest BCUT2D eigenvalue weighted by molar-refractivity contribution is -0.136.